The van der Waals surface area contributed by atoms with Gasteiger partial charge in [-0.1, -0.05) is 18.2 Å². The Kier molecular flexibility index (Phi) is 4.52. The lowest BCUT2D eigenvalue weighted by Gasteiger charge is -2.17. The molecule has 1 saturated heterocycles. The quantitative estimate of drug-likeness (QED) is 0.797. The Hall–Kier alpha value is -2.02. The molecule has 7 heteroatoms. The smallest absolute Gasteiger partial charge is 0.338 e. The van der Waals surface area contributed by atoms with Crippen molar-refractivity contribution in [2.75, 3.05) is 6.61 Å². The fourth-order valence-electron chi connectivity index (χ4n) is 1.91. The first-order chi connectivity index (χ1) is 9.88. The lowest BCUT2D eigenvalue weighted by molar-refractivity contribution is -0.177. The summed E-state index contributed by atoms with van der Waals surface area (Å²) in [6, 6.07) is 8.01. The van der Waals surface area contributed by atoms with E-state index in [2.05, 4.69) is 4.74 Å². The van der Waals surface area contributed by atoms with Gasteiger partial charge in [0, 0.05) is 6.92 Å². The minimum atomic E-state index is -3.23. The fraction of sp³-hybridized carbons (Fsp3) is 0.429. The molecule has 0 N–H and O–H groups in total. The van der Waals surface area contributed by atoms with Crippen molar-refractivity contribution >= 4 is 11.9 Å². The van der Waals surface area contributed by atoms with E-state index in [9.17, 15) is 18.4 Å². The van der Waals surface area contributed by atoms with Gasteiger partial charge >= 0.3 is 11.9 Å². The van der Waals surface area contributed by atoms with Gasteiger partial charge in [-0.25, -0.2) is 13.6 Å². The molecule has 5 nitrogen and oxygen atoms in total. The number of ether oxygens (including phenoxy) is 3. The molecular weight excluding hydrogens is 286 g/mol. The zero-order valence-electron chi connectivity index (χ0n) is 11.3. The summed E-state index contributed by atoms with van der Waals surface area (Å²) in [5.74, 6) is -4.65. The number of halogens is 2. The van der Waals surface area contributed by atoms with Gasteiger partial charge in [0.25, 0.3) is 5.92 Å². The zero-order valence-corrected chi connectivity index (χ0v) is 11.3. The average Bonchev–Trinajstić information content (AvgIpc) is 2.70. The number of hydrogen-bond acceptors (Lipinski definition) is 5. The monoisotopic (exact) mass is 300 g/mol. The molecule has 1 aliphatic heterocycles. The van der Waals surface area contributed by atoms with Crippen molar-refractivity contribution in [2.24, 2.45) is 0 Å². The van der Waals surface area contributed by atoms with Crippen molar-refractivity contribution < 1.29 is 32.6 Å². The molecule has 2 atom stereocenters. The van der Waals surface area contributed by atoms with E-state index in [0.717, 1.165) is 6.92 Å². The first kappa shape index (κ1) is 15.4. The number of hydrogen-bond donors (Lipinski definition) is 0. The summed E-state index contributed by atoms with van der Waals surface area (Å²) in [7, 11) is 0. The maximum atomic E-state index is 13.7. The third-order valence-corrected chi connectivity index (χ3v) is 2.90. The van der Waals surface area contributed by atoms with Crippen LogP contribution in [0, 0.1) is 0 Å². The van der Waals surface area contributed by atoms with Crippen molar-refractivity contribution in [3.63, 3.8) is 0 Å². The number of esters is 2. The average molecular weight is 300 g/mol. The first-order valence-corrected chi connectivity index (χ1v) is 6.31. The van der Waals surface area contributed by atoms with Crippen LogP contribution in [0.3, 0.4) is 0 Å². The maximum absolute atomic E-state index is 13.7. The van der Waals surface area contributed by atoms with E-state index in [4.69, 9.17) is 9.47 Å². The maximum Gasteiger partial charge on any atom is 0.338 e. The highest BCUT2D eigenvalue weighted by Gasteiger charge is 2.52. The third kappa shape index (κ3) is 3.98. The highest BCUT2D eigenvalue weighted by Crippen LogP contribution is 2.36. The molecule has 2 rings (SSSR count). The number of carbonyl (C=O) groups excluding carboxylic acids is 2. The summed E-state index contributed by atoms with van der Waals surface area (Å²) in [6.45, 7) is 0.489. The predicted octanol–water partition coefficient (Wildman–Crippen LogP) is 2.16. The summed E-state index contributed by atoms with van der Waals surface area (Å²) in [5.41, 5.74) is 0.260. The van der Waals surface area contributed by atoms with Gasteiger partial charge in [0.1, 0.15) is 6.61 Å². The van der Waals surface area contributed by atoms with Crippen LogP contribution < -0.4 is 0 Å². The van der Waals surface area contributed by atoms with Gasteiger partial charge in [0.05, 0.1) is 12.0 Å². The second-order valence-corrected chi connectivity index (χ2v) is 4.59. The SMILES string of the molecule is CC(=O)OC1CC(F)(F)[C@H](COC(=O)c2ccccc2)O1. The molecule has 1 heterocycles. The molecule has 0 bridgehead atoms. The van der Waals surface area contributed by atoms with E-state index in [1.165, 1.54) is 12.1 Å². The molecule has 1 aromatic carbocycles. The molecule has 1 aromatic rings. The summed E-state index contributed by atoms with van der Waals surface area (Å²) >= 11 is 0. The molecule has 21 heavy (non-hydrogen) atoms. The van der Waals surface area contributed by atoms with Crippen molar-refractivity contribution in [3.8, 4) is 0 Å². The Morgan fingerprint density at radius 2 is 2.00 bits per heavy atom. The van der Waals surface area contributed by atoms with E-state index in [1.54, 1.807) is 18.2 Å². The molecule has 1 unspecified atom stereocenters. The second-order valence-electron chi connectivity index (χ2n) is 4.59. The third-order valence-electron chi connectivity index (χ3n) is 2.90. The minimum Gasteiger partial charge on any atom is -0.459 e. The first-order valence-electron chi connectivity index (χ1n) is 6.31. The normalized spacial score (nSPS) is 23.6. The lowest BCUT2D eigenvalue weighted by Crippen LogP contribution is -2.33. The van der Waals surface area contributed by atoms with Crippen molar-refractivity contribution in [1.29, 1.82) is 0 Å². The minimum absolute atomic E-state index is 0.260. The van der Waals surface area contributed by atoms with Crippen LogP contribution >= 0.6 is 0 Å². The van der Waals surface area contributed by atoms with Crippen LogP contribution in [0.5, 0.6) is 0 Å². The van der Waals surface area contributed by atoms with Crippen LogP contribution in [0.15, 0.2) is 30.3 Å². The van der Waals surface area contributed by atoms with Gasteiger partial charge in [-0.2, -0.15) is 0 Å². The van der Waals surface area contributed by atoms with Gasteiger partial charge in [-0.3, -0.25) is 4.79 Å². The summed E-state index contributed by atoms with van der Waals surface area (Å²) < 4.78 is 41.6. The van der Waals surface area contributed by atoms with E-state index < -0.39 is 43.3 Å². The standard InChI is InChI=1S/C14H14F2O5/c1-9(17)20-12-7-14(15,16)11(21-12)8-19-13(18)10-5-3-2-4-6-10/h2-6,11-12H,7-8H2,1H3/t11-,12?/m0/s1. The molecule has 0 spiro atoms. The van der Waals surface area contributed by atoms with Gasteiger partial charge in [0.15, 0.2) is 6.10 Å². The Balaban J connectivity index is 1.90. The molecule has 0 radical (unpaired) electrons. The highest BCUT2D eigenvalue weighted by molar-refractivity contribution is 5.89. The zero-order chi connectivity index (χ0) is 15.5. The van der Waals surface area contributed by atoms with Crippen molar-refractivity contribution in [2.45, 2.75) is 31.7 Å². The number of benzene rings is 1. The van der Waals surface area contributed by atoms with E-state index in [-0.39, 0.29) is 5.56 Å². The topological polar surface area (TPSA) is 61.8 Å². The predicted molar refractivity (Wildman–Crippen MR) is 66.7 cm³/mol. The molecule has 0 amide bonds. The summed E-state index contributed by atoms with van der Waals surface area (Å²) in [4.78, 5) is 22.4. The van der Waals surface area contributed by atoms with Gasteiger partial charge < -0.3 is 14.2 Å². The fourth-order valence-corrected chi connectivity index (χ4v) is 1.91. The summed E-state index contributed by atoms with van der Waals surface area (Å²) in [6.07, 6.45) is -3.70. The molecule has 114 valence electrons. The van der Waals surface area contributed by atoms with Crippen molar-refractivity contribution in [3.05, 3.63) is 35.9 Å². The van der Waals surface area contributed by atoms with E-state index in [0.29, 0.717) is 0 Å². The second kappa shape index (κ2) is 6.17. The van der Waals surface area contributed by atoms with Crippen LogP contribution in [-0.4, -0.2) is 36.9 Å². The highest BCUT2D eigenvalue weighted by atomic mass is 19.3. The Labute approximate surface area is 119 Å². The molecule has 0 saturated carbocycles. The number of rotatable bonds is 4. The molecule has 1 aliphatic rings. The van der Waals surface area contributed by atoms with E-state index in [1.807, 2.05) is 0 Å². The summed E-state index contributed by atoms with van der Waals surface area (Å²) in [5, 5.41) is 0. The Morgan fingerprint density at radius 3 is 2.62 bits per heavy atom. The van der Waals surface area contributed by atoms with Crippen LogP contribution in [-0.2, 0) is 19.0 Å². The lowest BCUT2D eigenvalue weighted by atomic mass is 10.2. The molecule has 1 fully saturated rings. The van der Waals surface area contributed by atoms with Crippen LogP contribution in [0.4, 0.5) is 8.78 Å². The van der Waals surface area contributed by atoms with Crippen LogP contribution in [0.1, 0.15) is 23.7 Å². The van der Waals surface area contributed by atoms with E-state index >= 15 is 0 Å². The number of carbonyl (C=O) groups is 2. The largest absolute Gasteiger partial charge is 0.459 e. The van der Waals surface area contributed by atoms with Crippen LogP contribution in [0.2, 0.25) is 0 Å². The van der Waals surface area contributed by atoms with Crippen LogP contribution in [0.25, 0.3) is 0 Å². The van der Waals surface area contributed by atoms with Gasteiger partial charge in [-0.15, -0.1) is 0 Å². The Morgan fingerprint density at radius 1 is 1.33 bits per heavy atom. The van der Waals surface area contributed by atoms with Gasteiger partial charge in [-0.05, 0) is 12.1 Å². The molecule has 0 aromatic heterocycles. The molecule has 0 aliphatic carbocycles. The molecular formula is C14H14F2O5. The van der Waals surface area contributed by atoms with Crippen molar-refractivity contribution in [1.82, 2.24) is 0 Å². The van der Waals surface area contributed by atoms with Gasteiger partial charge in [0.2, 0.25) is 6.29 Å². The number of alkyl halides is 2. The Bertz CT molecular complexity index is 517.